The van der Waals surface area contributed by atoms with Crippen LogP contribution in [0.25, 0.3) is 10.9 Å². The predicted octanol–water partition coefficient (Wildman–Crippen LogP) is 3.47. The van der Waals surface area contributed by atoms with Crippen LogP contribution in [0, 0.1) is 23.2 Å². The third kappa shape index (κ3) is 4.02. The van der Waals surface area contributed by atoms with Gasteiger partial charge in [0.15, 0.2) is 0 Å². The lowest BCUT2D eigenvalue weighted by atomic mass is 9.48. The molecule has 2 aromatic rings. The molecule has 0 aliphatic heterocycles. The van der Waals surface area contributed by atoms with Gasteiger partial charge < -0.3 is 10.3 Å². The molecule has 2 N–H and O–H groups in total. The molecule has 0 radical (unpaired) electrons. The molecule has 6 heteroatoms. The minimum atomic E-state index is -0.128. The van der Waals surface area contributed by atoms with E-state index < -0.39 is 0 Å². The molecule has 166 valence electrons. The molecule has 31 heavy (non-hydrogen) atoms. The van der Waals surface area contributed by atoms with Gasteiger partial charge in [0, 0.05) is 6.04 Å². The molecule has 0 unspecified atom stereocenters. The first kappa shape index (κ1) is 20.7. The Bertz CT molecular complexity index is 994. The summed E-state index contributed by atoms with van der Waals surface area (Å²) < 4.78 is 0. The van der Waals surface area contributed by atoms with Gasteiger partial charge in [0.2, 0.25) is 5.91 Å². The van der Waals surface area contributed by atoms with Crippen LogP contribution < -0.4 is 10.9 Å². The van der Waals surface area contributed by atoms with Crippen LogP contribution in [0.15, 0.2) is 29.1 Å². The molecule has 1 amide bonds. The van der Waals surface area contributed by atoms with Crippen LogP contribution in [-0.4, -0.2) is 39.9 Å². The molecule has 1 atom stereocenters. The van der Waals surface area contributed by atoms with Gasteiger partial charge in [-0.3, -0.25) is 14.5 Å². The number of rotatable bonds is 7. The number of carbonyl (C=O) groups is 1. The van der Waals surface area contributed by atoms with Crippen molar-refractivity contribution in [2.24, 2.45) is 23.2 Å². The fraction of sp³-hybridized carbons (Fsp3) is 0.640. The number of aromatic amines is 1. The summed E-state index contributed by atoms with van der Waals surface area (Å²) in [6.07, 6.45) is 8.13. The number of nitrogens with one attached hydrogen (secondary N) is 2. The second kappa shape index (κ2) is 8.05. The fourth-order valence-corrected chi connectivity index (χ4v) is 7.05. The summed E-state index contributed by atoms with van der Waals surface area (Å²) in [6, 6.07) is 7.58. The van der Waals surface area contributed by atoms with E-state index in [4.69, 9.17) is 0 Å². The summed E-state index contributed by atoms with van der Waals surface area (Å²) in [5.41, 5.74) is 0.876. The van der Waals surface area contributed by atoms with Crippen molar-refractivity contribution in [3.8, 4) is 0 Å². The number of carbonyl (C=O) groups excluding carboxylic acids is 1. The Morgan fingerprint density at radius 2 is 1.84 bits per heavy atom. The lowest BCUT2D eigenvalue weighted by Gasteiger charge is -2.59. The SMILES string of the molecule is CCN(CC(=O)N[C@H](C)C12CC3CC(CC(C3)C1)C2)Cc1nc2ccccc2c(=O)[nH]1. The van der Waals surface area contributed by atoms with Crippen LogP contribution in [-0.2, 0) is 11.3 Å². The quantitative estimate of drug-likeness (QED) is 0.716. The van der Waals surface area contributed by atoms with Crippen LogP contribution in [0.4, 0.5) is 0 Å². The van der Waals surface area contributed by atoms with Gasteiger partial charge in [-0.1, -0.05) is 19.1 Å². The van der Waals surface area contributed by atoms with Gasteiger partial charge in [-0.25, -0.2) is 4.98 Å². The number of nitrogens with zero attached hydrogens (tertiary/aromatic N) is 2. The lowest BCUT2D eigenvalue weighted by Crippen LogP contribution is -2.56. The van der Waals surface area contributed by atoms with Crippen LogP contribution in [0.5, 0.6) is 0 Å². The molecule has 6 rings (SSSR count). The highest BCUT2D eigenvalue weighted by atomic mass is 16.2. The van der Waals surface area contributed by atoms with Gasteiger partial charge in [-0.15, -0.1) is 0 Å². The molecule has 6 nitrogen and oxygen atoms in total. The number of para-hydroxylation sites is 1. The summed E-state index contributed by atoms with van der Waals surface area (Å²) in [7, 11) is 0. The third-order valence-corrected chi connectivity index (χ3v) is 8.23. The highest BCUT2D eigenvalue weighted by Gasteiger charge is 2.53. The number of H-pyrrole nitrogens is 1. The maximum atomic E-state index is 12.9. The van der Waals surface area contributed by atoms with E-state index in [9.17, 15) is 9.59 Å². The second-order valence-corrected chi connectivity index (χ2v) is 10.4. The zero-order valence-corrected chi connectivity index (χ0v) is 18.7. The third-order valence-electron chi connectivity index (χ3n) is 8.23. The molecule has 1 aromatic heterocycles. The number of fused-ring (bicyclic) bond motifs is 1. The Hall–Kier alpha value is -2.21. The van der Waals surface area contributed by atoms with Crippen molar-refractivity contribution in [3.05, 3.63) is 40.4 Å². The van der Waals surface area contributed by atoms with Gasteiger partial charge in [-0.2, -0.15) is 0 Å². The van der Waals surface area contributed by atoms with Crippen molar-refractivity contribution in [3.63, 3.8) is 0 Å². The zero-order valence-electron chi connectivity index (χ0n) is 18.7. The molecule has 1 heterocycles. The largest absolute Gasteiger partial charge is 0.352 e. The maximum absolute atomic E-state index is 12.9. The first-order valence-corrected chi connectivity index (χ1v) is 11.9. The van der Waals surface area contributed by atoms with E-state index in [2.05, 4.69) is 22.2 Å². The number of hydrogen-bond donors (Lipinski definition) is 2. The van der Waals surface area contributed by atoms with Crippen molar-refractivity contribution < 1.29 is 4.79 Å². The van der Waals surface area contributed by atoms with E-state index in [0.717, 1.165) is 24.3 Å². The Labute approximate surface area is 183 Å². The normalized spacial score (nSPS) is 30.1. The Balaban J connectivity index is 1.23. The van der Waals surface area contributed by atoms with Crippen LogP contribution in [0.2, 0.25) is 0 Å². The highest BCUT2D eigenvalue weighted by Crippen LogP contribution is 2.61. The lowest BCUT2D eigenvalue weighted by molar-refractivity contribution is -0.127. The molecule has 1 aromatic carbocycles. The fourth-order valence-electron chi connectivity index (χ4n) is 7.05. The van der Waals surface area contributed by atoms with E-state index >= 15 is 0 Å². The number of likely N-dealkylation sites (N-methyl/N-ethyl adjacent to an activating group) is 1. The standard InChI is InChI=1S/C25H34N4O2/c1-3-29(14-22-27-21-7-5-4-6-20(21)24(31)28-22)15-23(30)26-16(2)25-11-17-8-18(12-25)10-19(9-17)13-25/h4-7,16-19H,3,8-15H2,1-2H3,(H,26,30)(H,27,28,31)/t16-,17?,18?,19?,25?/m1/s1. The first-order valence-electron chi connectivity index (χ1n) is 11.9. The number of benzene rings is 1. The molecule has 4 saturated carbocycles. The molecular formula is C25H34N4O2. The number of aromatic nitrogens is 2. The number of hydrogen-bond acceptors (Lipinski definition) is 4. The van der Waals surface area contributed by atoms with Crippen molar-refractivity contribution in [2.75, 3.05) is 13.1 Å². The predicted molar refractivity (Wildman–Crippen MR) is 122 cm³/mol. The summed E-state index contributed by atoms with van der Waals surface area (Å²) in [6.45, 7) is 5.76. The Morgan fingerprint density at radius 3 is 2.48 bits per heavy atom. The molecule has 4 aliphatic rings. The van der Waals surface area contributed by atoms with Gasteiger partial charge >= 0.3 is 0 Å². The monoisotopic (exact) mass is 422 g/mol. The van der Waals surface area contributed by atoms with E-state index in [1.807, 2.05) is 30.0 Å². The summed E-state index contributed by atoms with van der Waals surface area (Å²) >= 11 is 0. The van der Waals surface area contributed by atoms with E-state index in [-0.39, 0.29) is 17.5 Å². The van der Waals surface area contributed by atoms with Crippen LogP contribution in [0.1, 0.15) is 58.2 Å². The van der Waals surface area contributed by atoms with E-state index in [1.165, 1.54) is 38.5 Å². The van der Waals surface area contributed by atoms with Gasteiger partial charge in [0.25, 0.3) is 5.56 Å². The van der Waals surface area contributed by atoms with Gasteiger partial charge in [-0.05, 0) is 87.3 Å². The van der Waals surface area contributed by atoms with Gasteiger partial charge in [0.1, 0.15) is 5.82 Å². The average molecular weight is 423 g/mol. The molecule has 4 fully saturated rings. The molecular weight excluding hydrogens is 388 g/mol. The summed E-state index contributed by atoms with van der Waals surface area (Å²) in [5, 5.41) is 3.95. The van der Waals surface area contributed by atoms with Crippen molar-refractivity contribution in [1.82, 2.24) is 20.2 Å². The van der Waals surface area contributed by atoms with Crippen molar-refractivity contribution >= 4 is 16.8 Å². The van der Waals surface area contributed by atoms with Crippen LogP contribution in [0.3, 0.4) is 0 Å². The second-order valence-electron chi connectivity index (χ2n) is 10.4. The Kier molecular flexibility index (Phi) is 5.37. The summed E-state index contributed by atoms with van der Waals surface area (Å²) in [5.74, 6) is 3.33. The van der Waals surface area contributed by atoms with Crippen LogP contribution >= 0.6 is 0 Å². The number of amides is 1. The van der Waals surface area contributed by atoms with E-state index in [1.54, 1.807) is 6.07 Å². The molecule has 0 spiro atoms. The smallest absolute Gasteiger partial charge is 0.258 e. The van der Waals surface area contributed by atoms with Gasteiger partial charge in [0.05, 0.1) is 24.0 Å². The topological polar surface area (TPSA) is 78.1 Å². The zero-order chi connectivity index (χ0) is 21.6. The summed E-state index contributed by atoms with van der Waals surface area (Å²) in [4.78, 5) is 34.8. The van der Waals surface area contributed by atoms with Crippen molar-refractivity contribution in [2.45, 2.75) is 65.0 Å². The minimum absolute atomic E-state index is 0.0771. The molecule has 4 bridgehead atoms. The van der Waals surface area contributed by atoms with Crippen molar-refractivity contribution in [1.29, 1.82) is 0 Å². The highest BCUT2D eigenvalue weighted by molar-refractivity contribution is 5.78. The Morgan fingerprint density at radius 1 is 1.19 bits per heavy atom. The molecule has 4 aliphatic carbocycles. The average Bonchev–Trinajstić information content (AvgIpc) is 2.72. The minimum Gasteiger partial charge on any atom is -0.352 e. The maximum Gasteiger partial charge on any atom is 0.258 e. The first-order chi connectivity index (χ1) is 14.9. The van der Waals surface area contributed by atoms with E-state index in [0.29, 0.717) is 35.2 Å². The molecule has 0 saturated heterocycles.